The van der Waals surface area contributed by atoms with E-state index in [1.54, 1.807) is 0 Å². The van der Waals surface area contributed by atoms with E-state index in [1.165, 1.54) is 57.7 Å². The molecule has 0 aliphatic carbocycles. The van der Waals surface area contributed by atoms with Crippen LogP contribution in [-0.4, -0.2) is 6.29 Å². The maximum atomic E-state index is 11.9. The van der Waals surface area contributed by atoms with Crippen LogP contribution in [0.5, 0.6) is 0 Å². The average molecular weight is 297 g/mol. The Morgan fingerprint density at radius 2 is 1.24 bits per heavy atom. The molecule has 0 saturated carbocycles. The van der Waals surface area contributed by atoms with Crippen LogP contribution in [-0.2, 0) is 4.79 Å². The first-order valence-electron chi connectivity index (χ1n) is 9.57. The Bertz CT molecular complexity index is 228. The lowest BCUT2D eigenvalue weighted by Gasteiger charge is -2.34. The molecule has 0 aromatic heterocycles. The van der Waals surface area contributed by atoms with Crippen molar-refractivity contribution in [1.29, 1.82) is 0 Å². The molecule has 2 atom stereocenters. The molecule has 0 heterocycles. The summed E-state index contributed by atoms with van der Waals surface area (Å²) in [7, 11) is 0. The highest BCUT2D eigenvalue weighted by atomic mass is 16.1. The quantitative estimate of drug-likeness (QED) is 0.322. The van der Waals surface area contributed by atoms with Crippen molar-refractivity contribution in [2.75, 3.05) is 0 Å². The highest BCUT2D eigenvalue weighted by Gasteiger charge is 2.32. The lowest BCUT2D eigenvalue weighted by Crippen LogP contribution is -2.28. The van der Waals surface area contributed by atoms with Crippen molar-refractivity contribution in [3.8, 4) is 0 Å². The number of carbonyl (C=O) groups excluding carboxylic acids is 1. The number of unbranched alkanes of at least 4 members (excludes halogenated alkanes) is 2. The minimum Gasteiger partial charge on any atom is -0.303 e. The first kappa shape index (κ1) is 20.7. The van der Waals surface area contributed by atoms with E-state index in [1.807, 2.05) is 0 Å². The largest absolute Gasteiger partial charge is 0.303 e. The Kier molecular flexibility index (Phi) is 12.0. The SMILES string of the molecule is CCCCC(CC)CC(C=O)(CC)CC(CC)CCCC. The van der Waals surface area contributed by atoms with Crippen LogP contribution in [0.15, 0.2) is 0 Å². The fraction of sp³-hybridized carbons (Fsp3) is 0.950. The summed E-state index contributed by atoms with van der Waals surface area (Å²) in [5.41, 5.74) is -0.0527. The topological polar surface area (TPSA) is 17.1 Å². The maximum Gasteiger partial charge on any atom is 0.126 e. The molecule has 0 aromatic rings. The zero-order chi connectivity index (χ0) is 16.1. The minimum atomic E-state index is -0.0527. The zero-order valence-electron chi connectivity index (χ0n) is 15.4. The van der Waals surface area contributed by atoms with Crippen LogP contribution in [0.3, 0.4) is 0 Å². The van der Waals surface area contributed by atoms with Gasteiger partial charge in [0, 0.05) is 5.41 Å². The summed E-state index contributed by atoms with van der Waals surface area (Å²) in [5, 5.41) is 0. The smallest absolute Gasteiger partial charge is 0.126 e. The molecule has 1 heteroatoms. The highest BCUT2D eigenvalue weighted by Crippen LogP contribution is 2.39. The third kappa shape index (κ3) is 8.02. The van der Waals surface area contributed by atoms with E-state index < -0.39 is 0 Å². The van der Waals surface area contributed by atoms with Gasteiger partial charge in [0.15, 0.2) is 0 Å². The summed E-state index contributed by atoms with van der Waals surface area (Å²) in [6, 6.07) is 0. The Morgan fingerprint density at radius 3 is 1.48 bits per heavy atom. The predicted octanol–water partition coefficient (Wildman–Crippen LogP) is 6.79. The molecular formula is C20H40O. The number of aldehydes is 1. The predicted molar refractivity (Wildman–Crippen MR) is 94.6 cm³/mol. The van der Waals surface area contributed by atoms with Gasteiger partial charge in [0.2, 0.25) is 0 Å². The highest BCUT2D eigenvalue weighted by molar-refractivity contribution is 5.59. The van der Waals surface area contributed by atoms with Crippen molar-refractivity contribution in [3.63, 3.8) is 0 Å². The molecule has 0 aliphatic rings. The lowest BCUT2D eigenvalue weighted by atomic mass is 9.70. The van der Waals surface area contributed by atoms with Crippen LogP contribution in [0.25, 0.3) is 0 Å². The van der Waals surface area contributed by atoms with Gasteiger partial charge in [-0.05, 0) is 31.1 Å². The Morgan fingerprint density at radius 1 is 0.810 bits per heavy atom. The molecule has 0 N–H and O–H groups in total. The minimum absolute atomic E-state index is 0.0527. The van der Waals surface area contributed by atoms with Gasteiger partial charge in [0.1, 0.15) is 6.29 Å². The molecule has 0 fully saturated rings. The van der Waals surface area contributed by atoms with E-state index in [9.17, 15) is 4.79 Å². The van der Waals surface area contributed by atoms with E-state index in [0.717, 1.165) is 31.1 Å². The Hall–Kier alpha value is -0.330. The molecule has 0 radical (unpaired) electrons. The molecule has 1 nitrogen and oxygen atoms in total. The van der Waals surface area contributed by atoms with Crippen molar-refractivity contribution in [2.45, 2.75) is 105 Å². The molecule has 21 heavy (non-hydrogen) atoms. The molecule has 0 spiro atoms. The maximum absolute atomic E-state index is 11.9. The molecule has 0 rings (SSSR count). The third-order valence-electron chi connectivity index (χ3n) is 5.43. The van der Waals surface area contributed by atoms with Crippen LogP contribution in [0.2, 0.25) is 0 Å². The number of hydrogen-bond acceptors (Lipinski definition) is 1. The summed E-state index contributed by atoms with van der Waals surface area (Å²) in [4.78, 5) is 11.9. The van der Waals surface area contributed by atoms with Gasteiger partial charge < -0.3 is 4.79 Å². The third-order valence-corrected chi connectivity index (χ3v) is 5.43. The van der Waals surface area contributed by atoms with Crippen molar-refractivity contribution in [3.05, 3.63) is 0 Å². The second-order valence-corrected chi connectivity index (χ2v) is 7.08. The number of rotatable bonds is 14. The molecule has 0 bridgehead atoms. The van der Waals surface area contributed by atoms with E-state index in [4.69, 9.17) is 0 Å². The van der Waals surface area contributed by atoms with Gasteiger partial charge in [-0.2, -0.15) is 0 Å². The van der Waals surface area contributed by atoms with Crippen molar-refractivity contribution in [2.24, 2.45) is 17.3 Å². The number of hydrogen-bond donors (Lipinski definition) is 0. The Labute approximate surface area is 134 Å². The Balaban J connectivity index is 4.74. The van der Waals surface area contributed by atoms with E-state index >= 15 is 0 Å². The monoisotopic (exact) mass is 296 g/mol. The van der Waals surface area contributed by atoms with Crippen LogP contribution >= 0.6 is 0 Å². The summed E-state index contributed by atoms with van der Waals surface area (Å²) in [6.45, 7) is 11.3. The van der Waals surface area contributed by atoms with Gasteiger partial charge in [-0.15, -0.1) is 0 Å². The zero-order valence-corrected chi connectivity index (χ0v) is 15.4. The van der Waals surface area contributed by atoms with Gasteiger partial charge in [-0.3, -0.25) is 0 Å². The fourth-order valence-corrected chi connectivity index (χ4v) is 3.59. The van der Waals surface area contributed by atoms with Crippen LogP contribution in [0.4, 0.5) is 0 Å². The van der Waals surface area contributed by atoms with Crippen LogP contribution < -0.4 is 0 Å². The molecule has 0 aromatic carbocycles. The molecule has 2 unspecified atom stereocenters. The van der Waals surface area contributed by atoms with Crippen molar-refractivity contribution >= 4 is 6.29 Å². The lowest BCUT2D eigenvalue weighted by molar-refractivity contribution is -0.118. The number of carbonyl (C=O) groups is 1. The standard InChI is InChI=1S/C20H40O/c1-6-11-13-18(8-3)15-20(10-5,17-21)16-19(9-4)14-12-7-2/h17-19H,6-16H2,1-5H3. The van der Waals surface area contributed by atoms with Gasteiger partial charge >= 0.3 is 0 Å². The molecule has 0 amide bonds. The van der Waals surface area contributed by atoms with E-state index in [0.29, 0.717) is 0 Å². The first-order chi connectivity index (χ1) is 10.1. The second-order valence-electron chi connectivity index (χ2n) is 7.08. The fourth-order valence-electron chi connectivity index (χ4n) is 3.59. The first-order valence-corrected chi connectivity index (χ1v) is 9.57. The van der Waals surface area contributed by atoms with Gasteiger partial charge in [-0.25, -0.2) is 0 Å². The normalized spacial score (nSPS) is 17.2. The summed E-state index contributed by atoms with van der Waals surface area (Å²) >= 11 is 0. The average Bonchev–Trinajstić information content (AvgIpc) is 2.53. The van der Waals surface area contributed by atoms with Gasteiger partial charge in [-0.1, -0.05) is 86.0 Å². The summed E-state index contributed by atoms with van der Waals surface area (Å²) < 4.78 is 0. The molecular weight excluding hydrogens is 256 g/mol. The molecule has 0 saturated heterocycles. The second kappa shape index (κ2) is 12.2. The molecule has 126 valence electrons. The van der Waals surface area contributed by atoms with Gasteiger partial charge in [0.05, 0.1) is 0 Å². The van der Waals surface area contributed by atoms with E-state index in [2.05, 4.69) is 34.6 Å². The molecule has 0 aliphatic heterocycles. The van der Waals surface area contributed by atoms with Crippen molar-refractivity contribution in [1.82, 2.24) is 0 Å². The summed E-state index contributed by atoms with van der Waals surface area (Å²) in [6.07, 6.45) is 14.8. The van der Waals surface area contributed by atoms with Crippen LogP contribution in [0, 0.1) is 17.3 Å². The van der Waals surface area contributed by atoms with Crippen molar-refractivity contribution < 1.29 is 4.79 Å². The van der Waals surface area contributed by atoms with Crippen LogP contribution in [0.1, 0.15) is 105 Å². The summed E-state index contributed by atoms with van der Waals surface area (Å²) in [5.74, 6) is 1.47. The van der Waals surface area contributed by atoms with Gasteiger partial charge in [0.25, 0.3) is 0 Å². The van der Waals surface area contributed by atoms with E-state index in [-0.39, 0.29) is 5.41 Å².